The molecule has 0 bridgehead atoms. The highest BCUT2D eigenvalue weighted by Crippen LogP contribution is 2.47. The van der Waals surface area contributed by atoms with Gasteiger partial charge in [0.05, 0.1) is 56.0 Å². The third-order valence-electron chi connectivity index (χ3n) is 13.9. The van der Waals surface area contributed by atoms with E-state index in [1.54, 1.807) is 25.1 Å². The Morgan fingerprint density at radius 3 is 1.27 bits per heavy atom. The fourth-order valence-corrected chi connectivity index (χ4v) is 12.5. The standard InChI is InChI=1S/C58H47N9O22S5/c1-29-16-46(50(88-14-12-68)27-44(29)61-60-43-5-3-4-31-20-37(90(73,74)75)8-11-40(31)43)63-66-55-52(93(82,83)84)23-32-18-35(6-9-41(32)57(55)71)59-36-7-10-42-33(19-36)24-53(94(85,86)87)56(58(42)72)67-64-47-17-30(2)45(28-51(47)89-15-13-69)62-65-48-25-38(91(76,77)78)21-34-22-39(92(79,80)81)26-49(70)54(34)48/h3-11,16-28,59,68-72H,12-15H2,1-2H3,(H,73,74,75)(H,76,77,78)(H,79,80,81)(H,82,83,84)(H,85,86,87). The third-order valence-corrected chi connectivity index (χ3v) is 18.2. The van der Waals surface area contributed by atoms with Crippen molar-refractivity contribution in [3.63, 3.8) is 0 Å². The van der Waals surface area contributed by atoms with E-state index in [4.69, 9.17) is 9.47 Å². The predicted molar refractivity (Wildman–Crippen MR) is 337 cm³/mol. The number of aromatic hydroxyl groups is 3. The fraction of sp³-hybridized carbons (Fsp3) is 0.103. The summed E-state index contributed by atoms with van der Waals surface area (Å²) in [4.78, 5) is -3.74. The zero-order chi connectivity index (χ0) is 68.0. The van der Waals surface area contributed by atoms with Gasteiger partial charge in [-0.1, -0.05) is 18.2 Å². The summed E-state index contributed by atoms with van der Waals surface area (Å²) in [6.45, 7) is 1.49. The highest BCUT2D eigenvalue weighted by Gasteiger charge is 2.26. The average molecular weight is 1380 g/mol. The largest absolute Gasteiger partial charge is 0.507 e. The van der Waals surface area contributed by atoms with Gasteiger partial charge >= 0.3 is 0 Å². The molecule has 0 radical (unpaired) electrons. The number of fused-ring (bicyclic) bond motifs is 4. The van der Waals surface area contributed by atoms with Crippen molar-refractivity contribution in [2.24, 2.45) is 40.9 Å². The zero-order valence-electron chi connectivity index (χ0n) is 48.0. The molecule has 0 aliphatic carbocycles. The number of aryl methyl sites for hydroxylation is 2. The molecule has 486 valence electrons. The van der Waals surface area contributed by atoms with Gasteiger partial charge < -0.3 is 40.3 Å². The molecule has 0 aliphatic heterocycles. The molecule has 31 nitrogen and oxygen atoms in total. The smallest absolute Gasteiger partial charge is 0.296 e. The molecular formula is C58H47N9O22S5. The second-order valence-electron chi connectivity index (χ2n) is 20.3. The highest BCUT2D eigenvalue weighted by molar-refractivity contribution is 7.87. The summed E-state index contributed by atoms with van der Waals surface area (Å²) in [6.07, 6.45) is 0. The van der Waals surface area contributed by atoms with Crippen LogP contribution in [0, 0.1) is 13.8 Å². The van der Waals surface area contributed by atoms with Crippen molar-refractivity contribution in [2.45, 2.75) is 38.3 Å². The molecule has 0 saturated heterocycles. The van der Waals surface area contributed by atoms with Crippen LogP contribution in [0.3, 0.4) is 0 Å². The maximum atomic E-state index is 13.0. The van der Waals surface area contributed by atoms with Crippen LogP contribution >= 0.6 is 0 Å². The van der Waals surface area contributed by atoms with Crippen molar-refractivity contribution < 1.29 is 99.9 Å². The topological polar surface area (TPSA) is 502 Å². The number of phenolic OH excluding ortho intramolecular Hbond substituents is 3. The zero-order valence-corrected chi connectivity index (χ0v) is 52.1. The second kappa shape index (κ2) is 25.8. The molecule has 0 atom stereocenters. The number of azo groups is 4. The van der Waals surface area contributed by atoms with E-state index in [9.17, 15) is 90.4 Å². The Morgan fingerprint density at radius 2 is 0.809 bits per heavy atom. The van der Waals surface area contributed by atoms with Gasteiger partial charge in [0.2, 0.25) is 0 Å². The third kappa shape index (κ3) is 14.4. The maximum absolute atomic E-state index is 13.0. The quantitative estimate of drug-likeness (QED) is 0.0235. The number of nitrogens with zero attached hydrogens (tertiary/aromatic N) is 8. The number of ether oxygens (including phenoxy) is 2. The van der Waals surface area contributed by atoms with Crippen molar-refractivity contribution in [2.75, 3.05) is 31.7 Å². The lowest BCUT2D eigenvalue weighted by atomic mass is 10.1. The van der Waals surface area contributed by atoms with Crippen LogP contribution < -0.4 is 14.8 Å². The summed E-state index contributed by atoms with van der Waals surface area (Å²) in [5, 5.41) is 89.8. The number of benzene rings is 10. The molecule has 94 heavy (non-hydrogen) atoms. The lowest BCUT2D eigenvalue weighted by molar-refractivity contribution is 0.202. The molecule has 10 aromatic carbocycles. The van der Waals surface area contributed by atoms with Crippen LogP contribution in [-0.4, -0.2) is 117 Å². The Morgan fingerprint density at radius 1 is 0.383 bits per heavy atom. The van der Waals surface area contributed by atoms with E-state index >= 15 is 0 Å². The average Bonchev–Trinajstić information content (AvgIpc) is 0.777. The van der Waals surface area contributed by atoms with Gasteiger partial charge in [-0.3, -0.25) is 22.8 Å². The number of aliphatic hydroxyl groups excluding tert-OH is 2. The lowest BCUT2D eigenvalue weighted by Gasteiger charge is -2.14. The monoisotopic (exact) mass is 1380 g/mol. The van der Waals surface area contributed by atoms with Gasteiger partial charge in [0, 0.05) is 45.7 Å². The lowest BCUT2D eigenvalue weighted by Crippen LogP contribution is -2.02. The molecule has 0 unspecified atom stereocenters. The Hall–Kier alpha value is -10.1. The minimum absolute atomic E-state index is 0.0111. The van der Waals surface area contributed by atoms with Crippen LogP contribution in [0.2, 0.25) is 0 Å². The number of phenols is 3. The van der Waals surface area contributed by atoms with E-state index in [-0.39, 0.29) is 102 Å². The van der Waals surface area contributed by atoms with Crippen molar-refractivity contribution in [1.29, 1.82) is 0 Å². The van der Waals surface area contributed by atoms with E-state index in [1.165, 1.54) is 85.8 Å². The first-order valence-electron chi connectivity index (χ1n) is 26.7. The van der Waals surface area contributed by atoms with Crippen molar-refractivity contribution in [3.8, 4) is 28.7 Å². The second-order valence-corrected chi connectivity index (χ2v) is 27.4. The number of aliphatic hydroxyl groups is 2. The summed E-state index contributed by atoms with van der Waals surface area (Å²) >= 11 is 0. The summed E-state index contributed by atoms with van der Waals surface area (Å²) in [6, 6.07) is 27.6. The van der Waals surface area contributed by atoms with Gasteiger partial charge in [-0.05, 0) is 144 Å². The Kier molecular flexibility index (Phi) is 18.3. The molecule has 0 amide bonds. The highest BCUT2D eigenvalue weighted by atomic mass is 32.2. The number of nitrogens with one attached hydrogen (secondary N) is 1. The number of hydrogen-bond acceptors (Lipinski definition) is 26. The minimum Gasteiger partial charge on any atom is -0.507 e. The Labute approximate surface area is 531 Å². The summed E-state index contributed by atoms with van der Waals surface area (Å²) in [7, 11) is -24.8. The van der Waals surface area contributed by atoms with E-state index in [2.05, 4.69) is 46.2 Å². The molecule has 0 aliphatic rings. The molecule has 0 heterocycles. The van der Waals surface area contributed by atoms with Crippen LogP contribution in [0.5, 0.6) is 28.7 Å². The normalized spacial score (nSPS) is 12.9. The van der Waals surface area contributed by atoms with Gasteiger partial charge in [-0.2, -0.15) is 52.3 Å². The Bertz CT molecular complexity index is 5560. The van der Waals surface area contributed by atoms with Gasteiger partial charge in [0.25, 0.3) is 50.6 Å². The van der Waals surface area contributed by atoms with E-state index in [1.807, 2.05) is 0 Å². The summed E-state index contributed by atoms with van der Waals surface area (Å²) in [5.41, 5.74) is -0.423. The molecular weight excluding hydrogens is 1340 g/mol. The van der Waals surface area contributed by atoms with Crippen LogP contribution in [0.15, 0.2) is 199 Å². The first-order valence-corrected chi connectivity index (χ1v) is 33.9. The molecule has 10 aromatic rings. The van der Waals surface area contributed by atoms with Crippen LogP contribution in [0.1, 0.15) is 11.1 Å². The van der Waals surface area contributed by atoms with E-state index in [0.717, 1.165) is 30.3 Å². The van der Waals surface area contributed by atoms with Gasteiger partial charge in [0.15, 0.2) is 11.5 Å². The van der Waals surface area contributed by atoms with E-state index < -0.39 is 118 Å². The fourth-order valence-electron chi connectivity index (χ4n) is 9.56. The number of hydrogen-bond donors (Lipinski definition) is 11. The number of anilines is 2. The molecule has 0 aromatic heterocycles. The summed E-state index contributed by atoms with van der Waals surface area (Å²) < 4.78 is 185. The minimum atomic E-state index is -5.22. The van der Waals surface area contributed by atoms with Gasteiger partial charge in [-0.25, -0.2) is 0 Å². The number of rotatable bonds is 21. The van der Waals surface area contributed by atoms with Crippen LogP contribution in [-0.2, 0) is 50.6 Å². The van der Waals surface area contributed by atoms with Gasteiger partial charge in [0.1, 0.15) is 63.0 Å². The molecule has 0 spiro atoms. The maximum Gasteiger partial charge on any atom is 0.296 e. The molecule has 0 saturated carbocycles. The van der Waals surface area contributed by atoms with Crippen molar-refractivity contribution >= 4 is 151 Å². The SMILES string of the molecule is Cc1cc(N=Nc2c(S(=O)(=O)O)cc3cc(Nc4ccc5c(O)c(N=Nc6cc(C)c(N=Nc7cc(S(=O)(=O)O)cc8cc(S(=O)(=O)O)cc(O)c78)cc6OCCO)c(S(=O)(=O)O)cc5c4)ccc3c2O)c(OCCO)cc1N=Nc1cccc2cc(S(=O)(=O)O)ccc12. The van der Waals surface area contributed by atoms with Crippen molar-refractivity contribution in [3.05, 3.63) is 145 Å². The van der Waals surface area contributed by atoms with Crippen LogP contribution in [0.25, 0.3) is 43.1 Å². The summed E-state index contributed by atoms with van der Waals surface area (Å²) in [5.74, 6) is -2.52. The predicted octanol–water partition coefficient (Wildman–Crippen LogP) is 12.4. The van der Waals surface area contributed by atoms with Crippen LogP contribution in [0.4, 0.5) is 56.9 Å². The van der Waals surface area contributed by atoms with Crippen molar-refractivity contribution in [1.82, 2.24) is 0 Å². The molecule has 10 rings (SSSR count). The van der Waals surface area contributed by atoms with E-state index in [0.29, 0.717) is 28.1 Å². The van der Waals surface area contributed by atoms with Gasteiger partial charge in [-0.15, -0.1) is 30.7 Å². The Balaban J connectivity index is 0.935. The first-order chi connectivity index (χ1) is 44.2. The first kappa shape index (κ1) is 66.8. The molecule has 0 fully saturated rings. The molecule has 36 heteroatoms. The molecule has 11 N–H and O–H groups in total.